The maximum absolute atomic E-state index is 11.6. The zero-order valence-electron chi connectivity index (χ0n) is 20.7. The molecule has 34 heavy (non-hydrogen) atoms. The summed E-state index contributed by atoms with van der Waals surface area (Å²) in [7, 11) is 0. The third kappa shape index (κ3) is 5.70. The highest BCUT2D eigenvalue weighted by Gasteiger charge is 2.42. The average molecular weight is 461 g/mol. The van der Waals surface area contributed by atoms with Gasteiger partial charge >= 0.3 is 0 Å². The Morgan fingerprint density at radius 3 is 1.82 bits per heavy atom. The summed E-state index contributed by atoms with van der Waals surface area (Å²) < 4.78 is 0. The van der Waals surface area contributed by atoms with Gasteiger partial charge in [-0.2, -0.15) is 0 Å². The van der Waals surface area contributed by atoms with Gasteiger partial charge in [0.2, 0.25) is 5.91 Å². The number of hydrogen-bond acceptors (Lipinski definition) is 4. The molecule has 2 aromatic rings. The van der Waals surface area contributed by atoms with Crippen LogP contribution in [0.4, 0.5) is 0 Å². The van der Waals surface area contributed by atoms with Crippen LogP contribution in [-0.4, -0.2) is 82.9 Å². The number of hydrogen-bond donors (Lipinski definition) is 0. The van der Waals surface area contributed by atoms with E-state index in [1.54, 1.807) is 6.92 Å². The van der Waals surface area contributed by atoms with Crippen LogP contribution in [0.1, 0.15) is 43.7 Å². The molecule has 182 valence electrons. The lowest BCUT2D eigenvalue weighted by Gasteiger charge is -2.44. The first-order valence-corrected chi connectivity index (χ1v) is 13.2. The Bertz CT molecular complexity index is 857. The normalized spacial score (nSPS) is 25.7. The minimum absolute atomic E-state index is 0.218. The largest absolute Gasteiger partial charge is 0.340 e. The summed E-state index contributed by atoms with van der Waals surface area (Å²) in [6.45, 7) is 9.88. The molecule has 3 fully saturated rings. The second kappa shape index (κ2) is 11.0. The van der Waals surface area contributed by atoms with Gasteiger partial charge in [0.1, 0.15) is 0 Å². The molecule has 0 N–H and O–H groups in total. The van der Waals surface area contributed by atoms with Gasteiger partial charge < -0.3 is 4.90 Å². The molecule has 0 aliphatic carbocycles. The highest BCUT2D eigenvalue weighted by atomic mass is 16.2. The van der Waals surface area contributed by atoms with E-state index in [-0.39, 0.29) is 5.91 Å². The molecule has 0 aromatic heterocycles. The van der Waals surface area contributed by atoms with Crippen LogP contribution in [0.5, 0.6) is 0 Å². The first-order valence-electron chi connectivity index (χ1n) is 13.2. The summed E-state index contributed by atoms with van der Waals surface area (Å²) in [5.41, 5.74) is 2.83. The van der Waals surface area contributed by atoms with Crippen molar-refractivity contribution in [3.8, 4) is 0 Å². The van der Waals surface area contributed by atoms with E-state index in [1.807, 2.05) is 4.90 Å². The van der Waals surface area contributed by atoms with Crippen molar-refractivity contribution in [1.29, 1.82) is 0 Å². The van der Waals surface area contributed by atoms with Gasteiger partial charge in [0.25, 0.3) is 0 Å². The van der Waals surface area contributed by atoms with Crippen molar-refractivity contribution in [3.05, 3.63) is 71.8 Å². The second-order valence-electron chi connectivity index (χ2n) is 10.5. The first kappa shape index (κ1) is 23.5. The standard InChI is InChI=1S/C29H40N4O/c1-24(34)31-17-14-30(15-18-31)16-19-33-27-12-13-28(33)21-29(20-27)32(22-25-8-4-2-5-9-25)23-26-10-6-3-7-11-26/h2-11,27-29H,12-23H2,1H3. The molecule has 5 heteroatoms. The number of benzene rings is 2. The molecule has 3 aliphatic rings. The van der Waals surface area contributed by atoms with Gasteiger partial charge in [0, 0.05) is 77.4 Å². The van der Waals surface area contributed by atoms with E-state index in [2.05, 4.69) is 75.4 Å². The molecule has 0 radical (unpaired) electrons. The maximum Gasteiger partial charge on any atom is 0.219 e. The average Bonchev–Trinajstić information content (AvgIpc) is 3.10. The minimum Gasteiger partial charge on any atom is -0.340 e. The summed E-state index contributed by atoms with van der Waals surface area (Å²) >= 11 is 0. The monoisotopic (exact) mass is 460 g/mol. The van der Waals surface area contributed by atoms with Crippen LogP contribution in [0.25, 0.3) is 0 Å². The molecule has 3 heterocycles. The lowest BCUT2D eigenvalue weighted by molar-refractivity contribution is -0.130. The van der Waals surface area contributed by atoms with E-state index in [4.69, 9.17) is 0 Å². The van der Waals surface area contributed by atoms with Crippen LogP contribution in [-0.2, 0) is 17.9 Å². The SMILES string of the molecule is CC(=O)N1CCN(CCN2C3CCC2CC(N(Cc2ccccc2)Cc2ccccc2)C3)CC1. The Kier molecular flexibility index (Phi) is 7.63. The third-order valence-electron chi connectivity index (χ3n) is 8.32. The quantitative estimate of drug-likeness (QED) is 0.599. The Morgan fingerprint density at radius 2 is 1.32 bits per heavy atom. The summed E-state index contributed by atoms with van der Waals surface area (Å²) in [5.74, 6) is 0.218. The Hall–Kier alpha value is -2.21. The van der Waals surface area contributed by atoms with Gasteiger partial charge in [-0.1, -0.05) is 60.7 Å². The van der Waals surface area contributed by atoms with Gasteiger partial charge in [0.15, 0.2) is 0 Å². The lowest BCUT2D eigenvalue weighted by Crippen LogP contribution is -2.53. The molecule has 3 aliphatic heterocycles. The van der Waals surface area contributed by atoms with Gasteiger partial charge in [-0.05, 0) is 36.8 Å². The van der Waals surface area contributed by atoms with Crippen molar-refractivity contribution < 1.29 is 4.79 Å². The van der Waals surface area contributed by atoms with Crippen LogP contribution in [0.3, 0.4) is 0 Å². The topological polar surface area (TPSA) is 30.0 Å². The van der Waals surface area contributed by atoms with E-state index >= 15 is 0 Å². The predicted octanol–water partition coefficient (Wildman–Crippen LogP) is 3.85. The number of piperazine rings is 1. The number of fused-ring (bicyclic) bond motifs is 2. The number of nitrogens with zero attached hydrogens (tertiary/aromatic N) is 4. The van der Waals surface area contributed by atoms with Crippen molar-refractivity contribution in [2.75, 3.05) is 39.3 Å². The fourth-order valence-electron chi connectivity index (χ4n) is 6.40. The molecular weight excluding hydrogens is 420 g/mol. The van der Waals surface area contributed by atoms with Crippen molar-refractivity contribution in [1.82, 2.24) is 19.6 Å². The third-order valence-corrected chi connectivity index (χ3v) is 8.32. The van der Waals surface area contributed by atoms with E-state index in [0.29, 0.717) is 6.04 Å². The van der Waals surface area contributed by atoms with E-state index in [0.717, 1.165) is 57.9 Å². The molecule has 0 spiro atoms. The van der Waals surface area contributed by atoms with Gasteiger partial charge in [-0.25, -0.2) is 0 Å². The van der Waals surface area contributed by atoms with Crippen LogP contribution in [0.15, 0.2) is 60.7 Å². The van der Waals surface area contributed by atoms with E-state index in [9.17, 15) is 4.79 Å². The fourth-order valence-corrected chi connectivity index (χ4v) is 6.40. The zero-order chi connectivity index (χ0) is 23.3. The second-order valence-corrected chi connectivity index (χ2v) is 10.5. The summed E-state index contributed by atoms with van der Waals surface area (Å²) in [6, 6.07) is 24.1. The minimum atomic E-state index is 0.218. The number of carbonyl (C=O) groups is 1. The number of carbonyl (C=O) groups excluding carboxylic acids is 1. The molecule has 3 saturated heterocycles. The summed E-state index contributed by atoms with van der Waals surface area (Å²) in [4.78, 5) is 21.7. The molecule has 5 nitrogen and oxygen atoms in total. The molecule has 2 atom stereocenters. The van der Waals surface area contributed by atoms with E-state index in [1.165, 1.54) is 43.4 Å². The number of piperidine rings is 1. The summed E-state index contributed by atoms with van der Waals surface area (Å²) in [6.07, 6.45) is 5.27. The van der Waals surface area contributed by atoms with Crippen LogP contribution in [0, 0.1) is 0 Å². The maximum atomic E-state index is 11.6. The zero-order valence-corrected chi connectivity index (χ0v) is 20.7. The Labute approximate surface area is 205 Å². The van der Waals surface area contributed by atoms with Crippen molar-refractivity contribution in [2.24, 2.45) is 0 Å². The number of rotatable bonds is 8. The fraction of sp³-hybridized carbons (Fsp3) is 0.552. The highest BCUT2D eigenvalue weighted by molar-refractivity contribution is 5.73. The Morgan fingerprint density at radius 1 is 0.794 bits per heavy atom. The first-order chi connectivity index (χ1) is 16.7. The van der Waals surface area contributed by atoms with Gasteiger partial charge in [-0.15, -0.1) is 0 Å². The van der Waals surface area contributed by atoms with Crippen molar-refractivity contribution >= 4 is 5.91 Å². The lowest BCUT2D eigenvalue weighted by atomic mass is 9.94. The van der Waals surface area contributed by atoms with E-state index < -0.39 is 0 Å². The molecule has 1 amide bonds. The molecule has 0 saturated carbocycles. The van der Waals surface area contributed by atoms with Crippen molar-refractivity contribution in [3.63, 3.8) is 0 Å². The predicted molar refractivity (Wildman–Crippen MR) is 137 cm³/mol. The highest BCUT2D eigenvalue weighted by Crippen LogP contribution is 2.38. The molecule has 2 unspecified atom stereocenters. The molecule has 2 aromatic carbocycles. The smallest absolute Gasteiger partial charge is 0.219 e. The molecular formula is C29H40N4O. The number of amides is 1. The Balaban J connectivity index is 1.20. The van der Waals surface area contributed by atoms with Crippen molar-refractivity contribution in [2.45, 2.75) is 63.8 Å². The van der Waals surface area contributed by atoms with Gasteiger partial charge in [-0.3, -0.25) is 19.5 Å². The molecule has 2 bridgehead atoms. The van der Waals surface area contributed by atoms with Crippen LogP contribution < -0.4 is 0 Å². The van der Waals surface area contributed by atoms with Gasteiger partial charge in [0.05, 0.1) is 0 Å². The van der Waals surface area contributed by atoms with Crippen LogP contribution in [0.2, 0.25) is 0 Å². The summed E-state index contributed by atoms with van der Waals surface area (Å²) in [5, 5.41) is 0. The van der Waals surface area contributed by atoms with Crippen LogP contribution >= 0.6 is 0 Å². The molecule has 5 rings (SSSR count).